The number of hydrogen-bond acceptors (Lipinski definition) is 7. The second-order valence-corrected chi connectivity index (χ2v) is 4.00. The van der Waals surface area contributed by atoms with Gasteiger partial charge in [-0.3, -0.25) is 0 Å². The number of aromatic hydroxyl groups is 1. The van der Waals surface area contributed by atoms with Crippen LogP contribution in [-0.4, -0.2) is 42.9 Å². The van der Waals surface area contributed by atoms with Crippen molar-refractivity contribution in [2.45, 2.75) is 13.8 Å². The van der Waals surface area contributed by atoms with Gasteiger partial charge in [0.25, 0.3) is 0 Å². The molecule has 0 bridgehead atoms. The minimum atomic E-state index is -0.695. The van der Waals surface area contributed by atoms with E-state index in [2.05, 4.69) is 30.5 Å². The number of ether oxygens (including phenoxy) is 2. The Bertz CT molecular complexity index is 601. The van der Waals surface area contributed by atoms with E-state index in [0.717, 1.165) is 0 Å². The van der Waals surface area contributed by atoms with Crippen LogP contribution in [0.1, 0.15) is 25.0 Å². The third kappa shape index (κ3) is 6.93. The first-order valence-electron chi connectivity index (χ1n) is 6.81. The van der Waals surface area contributed by atoms with E-state index in [-0.39, 0.29) is 19.0 Å². The molecule has 0 heterocycles. The summed E-state index contributed by atoms with van der Waals surface area (Å²) < 4.78 is 9.27. The average molecular weight is 322 g/mol. The summed E-state index contributed by atoms with van der Waals surface area (Å²) in [4.78, 5) is 22.1. The molecule has 0 aliphatic heterocycles. The van der Waals surface area contributed by atoms with Crippen LogP contribution in [0.4, 0.5) is 9.59 Å². The molecule has 0 aromatic heterocycles. The van der Waals surface area contributed by atoms with Crippen molar-refractivity contribution < 1.29 is 24.2 Å². The fourth-order valence-corrected chi connectivity index (χ4v) is 1.40. The van der Waals surface area contributed by atoms with Crippen LogP contribution in [0.5, 0.6) is 5.75 Å². The summed E-state index contributed by atoms with van der Waals surface area (Å²) in [7, 11) is 0. The van der Waals surface area contributed by atoms with E-state index in [4.69, 9.17) is 0 Å². The zero-order chi connectivity index (χ0) is 17.1. The monoisotopic (exact) mass is 322 g/mol. The standard InChI is InChI=1S/C14H18N4O5/c1-3-22-13(20)17-15-8-10-5-6-12(19)11(7-10)9-16-18-14(21)23-4-2/h5-9,19H,3-4H2,1-2H3,(H,17,20)(H,18,21). The van der Waals surface area contributed by atoms with Gasteiger partial charge in [-0.1, -0.05) is 0 Å². The van der Waals surface area contributed by atoms with E-state index in [1.807, 2.05) is 0 Å². The van der Waals surface area contributed by atoms with E-state index in [1.54, 1.807) is 26.0 Å². The molecule has 1 aromatic carbocycles. The molecule has 124 valence electrons. The number of nitrogens with one attached hydrogen (secondary N) is 2. The van der Waals surface area contributed by atoms with Crippen molar-refractivity contribution in [1.82, 2.24) is 10.9 Å². The molecule has 1 rings (SSSR count). The Morgan fingerprint density at radius 3 is 2.22 bits per heavy atom. The van der Waals surface area contributed by atoms with Gasteiger partial charge in [0.05, 0.1) is 25.6 Å². The normalized spacial score (nSPS) is 10.7. The number of phenolic OH excluding ortho intramolecular Hbond substituents is 1. The van der Waals surface area contributed by atoms with Crippen LogP contribution in [0.3, 0.4) is 0 Å². The van der Waals surface area contributed by atoms with Crippen LogP contribution in [0.15, 0.2) is 28.4 Å². The molecule has 0 aliphatic rings. The molecular weight excluding hydrogens is 304 g/mol. The van der Waals surface area contributed by atoms with Crippen molar-refractivity contribution in [3.8, 4) is 5.75 Å². The number of hydrogen-bond donors (Lipinski definition) is 3. The second kappa shape index (κ2) is 9.77. The first kappa shape index (κ1) is 18.0. The number of phenols is 1. The third-order valence-electron chi connectivity index (χ3n) is 2.33. The smallest absolute Gasteiger partial charge is 0.427 e. The number of hydrazone groups is 2. The Labute approximate surface area is 133 Å². The Kier molecular flexibility index (Phi) is 7.62. The highest BCUT2D eigenvalue weighted by molar-refractivity contribution is 5.89. The Morgan fingerprint density at radius 2 is 1.65 bits per heavy atom. The van der Waals surface area contributed by atoms with Crippen molar-refractivity contribution >= 4 is 24.6 Å². The molecule has 0 saturated carbocycles. The van der Waals surface area contributed by atoms with Gasteiger partial charge in [-0.15, -0.1) is 0 Å². The molecule has 0 fully saturated rings. The second-order valence-electron chi connectivity index (χ2n) is 4.00. The van der Waals surface area contributed by atoms with Gasteiger partial charge >= 0.3 is 12.2 Å². The molecule has 1 aromatic rings. The number of amides is 2. The molecule has 2 amide bonds. The maximum absolute atomic E-state index is 11.1. The van der Waals surface area contributed by atoms with E-state index < -0.39 is 12.2 Å². The highest BCUT2D eigenvalue weighted by Gasteiger charge is 2.01. The van der Waals surface area contributed by atoms with E-state index in [1.165, 1.54) is 18.5 Å². The van der Waals surface area contributed by atoms with E-state index >= 15 is 0 Å². The van der Waals surface area contributed by atoms with Crippen LogP contribution in [0.25, 0.3) is 0 Å². The van der Waals surface area contributed by atoms with Gasteiger partial charge in [0.15, 0.2) is 0 Å². The van der Waals surface area contributed by atoms with Crippen molar-refractivity contribution in [2.75, 3.05) is 13.2 Å². The maximum Gasteiger partial charge on any atom is 0.427 e. The van der Waals surface area contributed by atoms with Gasteiger partial charge in [-0.25, -0.2) is 20.4 Å². The topological polar surface area (TPSA) is 122 Å². The van der Waals surface area contributed by atoms with Crippen molar-refractivity contribution in [3.05, 3.63) is 29.3 Å². The first-order valence-corrected chi connectivity index (χ1v) is 6.81. The molecule has 0 saturated heterocycles. The largest absolute Gasteiger partial charge is 0.507 e. The maximum atomic E-state index is 11.1. The molecule has 3 N–H and O–H groups in total. The van der Waals surface area contributed by atoms with Gasteiger partial charge in [-0.2, -0.15) is 10.2 Å². The number of nitrogens with zero attached hydrogens (tertiary/aromatic N) is 2. The number of carbonyl (C=O) groups excluding carboxylic acids is 2. The third-order valence-corrected chi connectivity index (χ3v) is 2.33. The Balaban J connectivity index is 2.68. The molecule has 0 atom stereocenters. The number of carbonyl (C=O) groups is 2. The lowest BCUT2D eigenvalue weighted by molar-refractivity contribution is 0.152. The van der Waals surface area contributed by atoms with Crippen molar-refractivity contribution in [3.63, 3.8) is 0 Å². The van der Waals surface area contributed by atoms with Crippen LogP contribution in [-0.2, 0) is 9.47 Å². The fourth-order valence-electron chi connectivity index (χ4n) is 1.40. The van der Waals surface area contributed by atoms with E-state index in [0.29, 0.717) is 11.1 Å². The van der Waals surface area contributed by atoms with Gasteiger partial charge in [0, 0.05) is 5.56 Å². The van der Waals surface area contributed by atoms with Gasteiger partial charge in [0.1, 0.15) is 5.75 Å². The predicted molar refractivity (Wildman–Crippen MR) is 83.6 cm³/mol. The summed E-state index contributed by atoms with van der Waals surface area (Å²) in [6.45, 7) is 3.82. The summed E-state index contributed by atoms with van der Waals surface area (Å²) in [5.41, 5.74) is 5.26. The van der Waals surface area contributed by atoms with Crippen LogP contribution in [0, 0.1) is 0 Å². The predicted octanol–water partition coefficient (Wildman–Crippen LogP) is 1.55. The zero-order valence-electron chi connectivity index (χ0n) is 12.8. The molecule has 0 spiro atoms. The molecule has 0 radical (unpaired) electrons. The average Bonchev–Trinajstić information content (AvgIpc) is 2.51. The van der Waals surface area contributed by atoms with Crippen LogP contribution < -0.4 is 10.9 Å². The van der Waals surface area contributed by atoms with Crippen molar-refractivity contribution in [2.24, 2.45) is 10.2 Å². The SMILES string of the molecule is CCOC(=O)NN=Cc1ccc(O)c(C=NNC(=O)OCC)c1. The molecule has 0 unspecified atom stereocenters. The number of benzene rings is 1. The highest BCUT2D eigenvalue weighted by Crippen LogP contribution is 2.15. The quantitative estimate of drug-likeness (QED) is 0.542. The first-order chi connectivity index (χ1) is 11.1. The number of rotatable bonds is 6. The van der Waals surface area contributed by atoms with Gasteiger partial charge < -0.3 is 14.6 Å². The summed E-state index contributed by atoms with van der Waals surface area (Å²) >= 11 is 0. The zero-order valence-corrected chi connectivity index (χ0v) is 12.8. The minimum Gasteiger partial charge on any atom is -0.507 e. The molecule has 9 heteroatoms. The summed E-state index contributed by atoms with van der Waals surface area (Å²) in [6, 6.07) is 4.57. The molecule has 23 heavy (non-hydrogen) atoms. The Morgan fingerprint density at radius 1 is 1.09 bits per heavy atom. The fraction of sp³-hybridized carbons (Fsp3) is 0.286. The van der Waals surface area contributed by atoms with Crippen molar-refractivity contribution in [1.29, 1.82) is 0 Å². The molecule has 9 nitrogen and oxygen atoms in total. The summed E-state index contributed by atoms with van der Waals surface area (Å²) in [5.74, 6) is -0.0325. The minimum absolute atomic E-state index is 0.0325. The highest BCUT2D eigenvalue weighted by atomic mass is 16.6. The van der Waals surface area contributed by atoms with Crippen LogP contribution >= 0.6 is 0 Å². The Hall–Kier alpha value is -3.10. The summed E-state index contributed by atoms with van der Waals surface area (Å²) in [5, 5.41) is 17.1. The lowest BCUT2D eigenvalue weighted by atomic mass is 10.1. The van der Waals surface area contributed by atoms with Crippen LogP contribution in [0.2, 0.25) is 0 Å². The summed E-state index contributed by atoms with van der Waals surface area (Å²) in [6.07, 6.45) is 1.26. The lowest BCUT2D eigenvalue weighted by Gasteiger charge is -2.02. The molecule has 0 aliphatic carbocycles. The van der Waals surface area contributed by atoms with E-state index in [9.17, 15) is 14.7 Å². The van der Waals surface area contributed by atoms with Gasteiger partial charge in [-0.05, 0) is 37.6 Å². The lowest BCUT2D eigenvalue weighted by Crippen LogP contribution is -2.18. The van der Waals surface area contributed by atoms with Gasteiger partial charge in [0.2, 0.25) is 0 Å². The molecular formula is C14H18N4O5.